The molecule has 27 heavy (non-hydrogen) atoms. The minimum absolute atomic E-state index is 0.00723. The fraction of sp³-hybridized carbons (Fsp3) is 0.250. The van der Waals surface area contributed by atoms with Crippen molar-refractivity contribution in [3.8, 4) is 0 Å². The molecule has 2 aromatic carbocycles. The van der Waals surface area contributed by atoms with Crippen LogP contribution in [0, 0.1) is 6.92 Å². The van der Waals surface area contributed by atoms with Crippen LogP contribution in [0.5, 0.6) is 0 Å². The van der Waals surface area contributed by atoms with Crippen LogP contribution in [0.4, 0.5) is 5.69 Å². The molecule has 5 nitrogen and oxygen atoms in total. The lowest BCUT2D eigenvalue weighted by molar-refractivity contribution is -0.123. The number of halogens is 1. The van der Waals surface area contributed by atoms with Gasteiger partial charge in [-0.25, -0.2) is 4.79 Å². The first-order chi connectivity index (χ1) is 12.8. The molecule has 2 aromatic rings. The highest BCUT2D eigenvalue weighted by Gasteiger charge is 2.21. The molecule has 2 rings (SSSR count). The predicted octanol–water partition coefficient (Wildman–Crippen LogP) is 4.51. The van der Waals surface area contributed by atoms with E-state index in [-0.39, 0.29) is 11.5 Å². The largest absolute Gasteiger partial charge is 0.449 e. The molecule has 0 saturated carbocycles. The Morgan fingerprint density at radius 2 is 1.85 bits per heavy atom. The van der Waals surface area contributed by atoms with Crippen molar-refractivity contribution in [1.82, 2.24) is 0 Å². The number of ether oxygens (including phenoxy) is 1. The number of benzene rings is 2. The third kappa shape index (κ3) is 5.84. The molecule has 0 spiro atoms. The highest BCUT2D eigenvalue weighted by molar-refractivity contribution is 8.00. The van der Waals surface area contributed by atoms with Crippen molar-refractivity contribution in [2.75, 3.05) is 11.1 Å². The van der Waals surface area contributed by atoms with Crippen molar-refractivity contribution in [2.45, 2.75) is 31.8 Å². The highest BCUT2D eigenvalue weighted by Crippen LogP contribution is 2.25. The zero-order chi connectivity index (χ0) is 20.0. The summed E-state index contributed by atoms with van der Waals surface area (Å²) in [6.07, 6.45) is -0.998. The van der Waals surface area contributed by atoms with Crippen LogP contribution in [-0.2, 0) is 14.3 Å². The van der Waals surface area contributed by atoms with Crippen molar-refractivity contribution < 1.29 is 19.1 Å². The summed E-state index contributed by atoms with van der Waals surface area (Å²) >= 11 is 7.31. The first kappa shape index (κ1) is 21.0. The Labute approximate surface area is 167 Å². The van der Waals surface area contributed by atoms with Gasteiger partial charge in [-0.15, -0.1) is 11.8 Å². The fourth-order valence-electron chi connectivity index (χ4n) is 2.20. The van der Waals surface area contributed by atoms with E-state index < -0.39 is 18.0 Å². The van der Waals surface area contributed by atoms with Crippen molar-refractivity contribution in [1.29, 1.82) is 0 Å². The number of esters is 1. The van der Waals surface area contributed by atoms with Gasteiger partial charge in [0, 0.05) is 15.6 Å². The van der Waals surface area contributed by atoms with Gasteiger partial charge in [0.2, 0.25) is 0 Å². The van der Waals surface area contributed by atoms with Crippen LogP contribution in [0.15, 0.2) is 47.4 Å². The number of carbonyl (C=O) groups excluding carboxylic acids is 3. The third-order valence-corrected chi connectivity index (χ3v) is 5.34. The predicted molar refractivity (Wildman–Crippen MR) is 108 cm³/mol. The Hall–Kier alpha value is -2.31. The lowest BCUT2D eigenvalue weighted by Gasteiger charge is -2.16. The quantitative estimate of drug-likeness (QED) is 0.541. The van der Waals surface area contributed by atoms with Crippen LogP contribution in [-0.4, -0.2) is 29.5 Å². The molecule has 0 aromatic heterocycles. The Bertz CT molecular complexity index is 869. The van der Waals surface area contributed by atoms with E-state index >= 15 is 0 Å². The zero-order valence-corrected chi connectivity index (χ0v) is 16.8. The zero-order valence-electron chi connectivity index (χ0n) is 15.2. The lowest BCUT2D eigenvalue weighted by atomic mass is 10.2. The smallest absolute Gasteiger partial charge is 0.340 e. The molecule has 7 heteroatoms. The minimum Gasteiger partial charge on any atom is -0.449 e. The van der Waals surface area contributed by atoms with E-state index in [9.17, 15) is 14.4 Å². The maximum absolute atomic E-state index is 12.5. The van der Waals surface area contributed by atoms with Crippen LogP contribution in [0.25, 0.3) is 0 Å². The molecule has 142 valence electrons. The highest BCUT2D eigenvalue weighted by atomic mass is 35.5. The number of rotatable bonds is 7. The van der Waals surface area contributed by atoms with E-state index in [4.69, 9.17) is 16.3 Å². The van der Waals surface area contributed by atoms with Gasteiger partial charge >= 0.3 is 5.97 Å². The second kappa shape index (κ2) is 9.58. The van der Waals surface area contributed by atoms with Crippen LogP contribution in [0.2, 0.25) is 5.02 Å². The van der Waals surface area contributed by atoms with Crippen LogP contribution >= 0.6 is 23.4 Å². The summed E-state index contributed by atoms with van der Waals surface area (Å²) in [6.45, 7) is 4.77. The number of carbonyl (C=O) groups is 3. The average molecular weight is 406 g/mol. The van der Waals surface area contributed by atoms with E-state index in [0.29, 0.717) is 21.2 Å². The number of hydrogen-bond acceptors (Lipinski definition) is 5. The van der Waals surface area contributed by atoms with Crippen LogP contribution in [0.1, 0.15) is 29.8 Å². The molecule has 0 heterocycles. The molecule has 0 aliphatic rings. The van der Waals surface area contributed by atoms with Crippen molar-refractivity contribution in [2.24, 2.45) is 0 Å². The van der Waals surface area contributed by atoms with Gasteiger partial charge in [-0.1, -0.05) is 29.8 Å². The molecule has 0 unspecified atom stereocenters. The van der Waals surface area contributed by atoms with E-state index in [1.165, 1.54) is 25.6 Å². The van der Waals surface area contributed by atoms with Gasteiger partial charge in [0.15, 0.2) is 6.10 Å². The average Bonchev–Trinajstić information content (AvgIpc) is 2.63. The topological polar surface area (TPSA) is 72.5 Å². The maximum Gasteiger partial charge on any atom is 0.340 e. The van der Waals surface area contributed by atoms with E-state index in [1.54, 1.807) is 49.4 Å². The Morgan fingerprint density at radius 1 is 1.15 bits per heavy atom. The summed E-state index contributed by atoms with van der Waals surface area (Å²) < 4.78 is 5.31. The van der Waals surface area contributed by atoms with Crippen LogP contribution in [0.3, 0.4) is 0 Å². The Morgan fingerprint density at radius 3 is 2.56 bits per heavy atom. The number of amides is 1. The molecule has 1 atom stereocenters. The van der Waals surface area contributed by atoms with Gasteiger partial charge in [-0.05, 0) is 50.6 Å². The van der Waals surface area contributed by atoms with Crippen LogP contribution < -0.4 is 5.32 Å². The minimum atomic E-state index is -0.998. The van der Waals surface area contributed by atoms with Gasteiger partial charge in [0.25, 0.3) is 5.91 Å². The lowest BCUT2D eigenvalue weighted by Crippen LogP contribution is -2.30. The number of ketones is 1. The summed E-state index contributed by atoms with van der Waals surface area (Å²) in [6, 6.07) is 12.0. The van der Waals surface area contributed by atoms with E-state index in [2.05, 4.69) is 5.32 Å². The molecular weight excluding hydrogens is 386 g/mol. The summed E-state index contributed by atoms with van der Waals surface area (Å²) in [4.78, 5) is 36.7. The molecule has 1 N–H and O–H groups in total. The maximum atomic E-state index is 12.5. The first-order valence-electron chi connectivity index (χ1n) is 8.27. The fourth-order valence-corrected chi connectivity index (χ4v) is 3.21. The monoisotopic (exact) mass is 405 g/mol. The normalized spacial score (nSPS) is 11.6. The van der Waals surface area contributed by atoms with Crippen molar-refractivity contribution in [3.63, 3.8) is 0 Å². The van der Waals surface area contributed by atoms with Gasteiger partial charge in [0.1, 0.15) is 5.78 Å². The molecule has 0 radical (unpaired) electrons. The van der Waals surface area contributed by atoms with Gasteiger partial charge in [0.05, 0.1) is 11.3 Å². The number of Topliss-reactive ketones (excluding diaryl/α,β-unsaturated/α-hetero) is 1. The Kier molecular flexibility index (Phi) is 7.45. The number of hydrogen-bond donors (Lipinski definition) is 1. The number of nitrogens with one attached hydrogen (secondary N) is 1. The van der Waals surface area contributed by atoms with Gasteiger partial charge < -0.3 is 10.1 Å². The first-order valence-corrected chi connectivity index (χ1v) is 9.64. The number of anilines is 1. The Balaban J connectivity index is 2.06. The standard InChI is InChI=1S/C20H20ClNO4S/c1-12(23)11-27-18-10-5-4-7-15(18)20(25)26-14(3)19(24)22-17-9-6-8-16(21)13(17)2/h4-10,14H,11H2,1-3H3,(H,22,24)/t14-/m1/s1. The second-order valence-electron chi connectivity index (χ2n) is 5.94. The molecular formula is C20H20ClNO4S. The summed E-state index contributed by atoms with van der Waals surface area (Å²) in [5.74, 6) is -0.809. The second-order valence-corrected chi connectivity index (χ2v) is 7.36. The molecule has 0 fully saturated rings. The van der Waals surface area contributed by atoms with Gasteiger partial charge in [-0.3, -0.25) is 9.59 Å². The van der Waals surface area contributed by atoms with E-state index in [0.717, 1.165) is 5.56 Å². The molecule has 1 amide bonds. The van der Waals surface area contributed by atoms with E-state index in [1.807, 2.05) is 0 Å². The molecule has 0 aliphatic heterocycles. The van der Waals surface area contributed by atoms with Crippen molar-refractivity contribution in [3.05, 3.63) is 58.6 Å². The number of thioether (sulfide) groups is 1. The van der Waals surface area contributed by atoms with Crippen molar-refractivity contribution >= 4 is 46.7 Å². The molecule has 0 aliphatic carbocycles. The summed E-state index contributed by atoms with van der Waals surface area (Å²) in [5, 5.41) is 3.25. The molecule has 0 saturated heterocycles. The summed E-state index contributed by atoms with van der Waals surface area (Å²) in [7, 11) is 0. The molecule has 0 bridgehead atoms. The summed E-state index contributed by atoms with van der Waals surface area (Å²) in [5.41, 5.74) is 1.62. The van der Waals surface area contributed by atoms with Gasteiger partial charge in [-0.2, -0.15) is 0 Å². The third-order valence-electron chi connectivity index (χ3n) is 3.72. The SMILES string of the molecule is CC(=O)CSc1ccccc1C(=O)O[C@H](C)C(=O)Nc1cccc(Cl)c1C.